The van der Waals surface area contributed by atoms with E-state index in [2.05, 4.69) is 10.5 Å². The van der Waals surface area contributed by atoms with Crippen LogP contribution < -0.4 is 5.32 Å². The van der Waals surface area contributed by atoms with Crippen LogP contribution in [-0.4, -0.2) is 29.3 Å². The first kappa shape index (κ1) is 19.7. The number of nitrogens with zero attached hydrogens (tertiary/aromatic N) is 1. The van der Waals surface area contributed by atoms with Crippen LogP contribution in [0.3, 0.4) is 0 Å². The SMILES string of the molecule is CC(C)(C)c1onc(-c2c(Cl)cccc2Cl)c1C(=O)OC1CC2CC[C@@H](C1)N2. The number of piperidine rings is 1. The number of rotatable bonds is 3. The summed E-state index contributed by atoms with van der Waals surface area (Å²) in [6.45, 7) is 5.90. The van der Waals surface area contributed by atoms with E-state index >= 15 is 0 Å². The van der Waals surface area contributed by atoms with Crippen molar-refractivity contribution in [2.24, 2.45) is 0 Å². The average molecular weight is 423 g/mol. The van der Waals surface area contributed by atoms with Crippen molar-refractivity contribution < 1.29 is 14.1 Å². The summed E-state index contributed by atoms with van der Waals surface area (Å²) in [7, 11) is 0. The van der Waals surface area contributed by atoms with Crippen LogP contribution in [0.1, 0.15) is 62.6 Å². The first-order valence-corrected chi connectivity index (χ1v) is 10.4. The van der Waals surface area contributed by atoms with Gasteiger partial charge in [-0.25, -0.2) is 4.79 Å². The van der Waals surface area contributed by atoms with Gasteiger partial charge >= 0.3 is 5.97 Å². The number of hydrogen-bond donors (Lipinski definition) is 1. The van der Waals surface area contributed by atoms with E-state index in [1.165, 1.54) is 0 Å². The normalized spacial score (nSPS) is 24.4. The second-order valence-corrected chi connectivity index (χ2v) is 9.53. The standard InChI is InChI=1S/C21H24Cl2N2O3/c1-21(2,3)19-17(18(25-28-19)16-14(22)5-4-6-15(16)23)20(26)27-13-9-11-7-8-12(10-13)24-11/h4-6,11-13,24H,7-10H2,1-3H3/t11-,12?,13?/m0/s1. The lowest BCUT2D eigenvalue weighted by Gasteiger charge is -2.29. The van der Waals surface area contributed by atoms with Crippen molar-refractivity contribution in [3.63, 3.8) is 0 Å². The van der Waals surface area contributed by atoms with Gasteiger partial charge in [0, 0.05) is 23.1 Å². The van der Waals surface area contributed by atoms with E-state index in [1.807, 2.05) is 20.8 Å². The molecule has 0 radical (unpaired) electrons. The molecule has 2 aromatic rings. The summed E-state index contributed by atoms with van der Waals surface area (Å²) in [6.07, 6.45) is 3.84. The average Bonchev–Trinajstić information content (AvgIpc) is 3.18. The molecule has 3 heterocycles. The lowest BCUT2D eigenvalue weighted by Crippen LogP contribution is -2.42. The third kappa shape index (κ3) is 3.68. The second-order valence-electron chi connectivity index (χ2n) is 8.72. The minimum absolute atomic E-state index is 0.108. The Morgan fingerprint density at radius 3 is 2.36 bits per heavy atom. The molecule has 4 rings (SSSR count). The maximum atomic E-state index is 13.3. The van der Waals surface area contributed by atoms with Crippen molar-refractivity contribution in [2.75, 3.05) is 0 Å². The molecule has 2 bridgehead atoms. The molecule has 1 aromatic heterocycles. The van der Waals surface area contributed by atoms with Gasteiger partial charge in [-0.3, -0.25) is 0 Å². The third-order valence-corrected chi connectivity index (χ3v) is 6.11. The zero-order valence-electron chi connectivity index (χ0n) is 16.2. The van der Waals surface area contributed by atoms with Crippen molar-refractivity contribution in [1.82, 2.24) is 10.5 Å². The summed E-state index contributed by atoms with van der Waals surface area (Å²) >= 11 is 12.8. The smallest absolute Gasteiger partial charge is 0.344 e. The lowest BCUT2D eigenvalue weighted by molar-refractivity contribution is 0.0174. The van der Waals surface area contributed by atoms with Crippen LogP contribution in [-0.2, 0) is 10.2 Å². The molecule has 5 nitrogen and oxygen atoms in total. The van der Waals surface area contributed by atoms with E-state index in [0.717, 1.165) is 25.7 Å². The Hall–Kier alpha value is -1.56. The molecule has 7 heteroatoms. The summed E-state index contributed by atoms with van der Waals surface area (Å²) in [5.74, 6) is 0.0452. The molecule has 0 saturated carbocycles. The molecule has 2 unspecified atom stereocenters. The van der Waals surface area contributed by atoms with Crippen LogP contribution >= 0.6 is 23.2 Å². The van der Waals surface area contributed by atoms with Crippen molar-refractivity contribution in [2.45, 2.75) is 70.1 Å². The Balaban J connectivity index is 1.72. The zero-order valence-corrected chi connectivity index (χ0v) is 17.7. The monoisotopic (exact) mass is 422 g/mol. The number of esters is 1. The molecule has 0 spiro atoms. The van der Waals surface area contributed by atoms with Gasteiger partial charge in [0.1, 0.15) is 17.4 Å². The Morgan fingerprint density at radius 2 is 1.79 bits per heavy atom. The minimum atomic E-state index is -0.430. The predicted octanol–water partition coefficient (Wildman–Crippen LogP) is 5.39. The van der Waals surface area contributed by atoms with Gasteiger partial charge in [0.05, 0.1) is 10.0 Å². The number of nitrogens with one attached hydrogen (secondary N) is 1. The van der Waals surface area contributed by atoms with E-state index in [0.29, 0.717) is 44.7 Å². The highest BCUT2D eigenvalue weighted by atomic mass is 35.5. The predicted molar refractivity (Wildman–Crippen MR) is 109 cm³/mol. The van der Waals surface area contributed by atoms with Gasteiger partial charge in [-0.15, -0.1) is 0 Å². The fourth-order valence-corrected chi connectivity index (χ4v) is 4.77. The number of fused-ring (bicyclic) bond motifs is 2. The van der Waals surface area contributed by atoms with Gasteiger partial charge in [0.15, 0.2) is 5.76 Å². The fraction of sp³-hybridized carbons (Fsp3) is 0.524. The Labute approximate surface area is 174 Å². The van der Waals surface area contributed by atoms with Crippen LogP contribution in [0.2, 0.25) is 10.0 Å². The molecule has 1 aromatic carbocycles. The minimum Gasteiger partial charge on any atom is -0.459 e. The maximum Gasteiger partial charge on any atom is 0.344 e. The van der Waals surface area contributed by atoms with E-state index in [4.69, 9.17) is 32.5 Å². The molecule has 1 N–H and O–H groups in total. The molecule has 0 aliphatic carbocycles. The van der Waals surface area contributed by atoms with Crippen LogP contribution in [0, 0.1) is 0 Å². The topological polar surface area (TPSA) is 64.4 Å². The highest BCUT2D eigenvalue weighted by molar-refractivity contribution is 6.39. The number of hydrogen-bond acceptors (Lipinski definition) is 5. The van der Waals surface area contributed by atoms with Crippen LogP contribution in [0.15, 0.2) is 22.7 Å². The second kappa shape index (κ2) is 7.36. The molecular weight excluding hydrogens is 399 g/mol. The van der Waals surface area contributed by atoms with Crippen LogP contribution in [0.5, 0.6) is 0 Å². The maximum absolute atomic E-state index is 13.3. The first-order chi connectivity index (χ1) is 13.2. The van der Waals surface area contributed by atoms with Gasteiger partial charge in [-0.05, 0) is 37.8 Å². The molecule has 3 atom stereocenters. The first-order valence-electron chi connectivity index (χ1n) is 9.65. The van der Waals surface area contributed by atoms with Gasteiger partial charge in [0.25, 0.3) is 0 Å². The molecule has 2 fully saturated rings. The summed E-state index contributed by atoms with van der Waals surface area (Å²) in [4.78, 5) is 13.3. The number of aromatic nitrogens is 1. The molecule has 2 aliphatic rings. The van der Waals surface area contributed by atoms with E-state index in [-0.39, 0.29) is 6.10 Å². The van der Waals surface area contributed by atoms with Crippen molar-refractivity contribution >= 4 is 29.2 Å². The Kier molecular flexibility index (Phi) is 5.19. The zero-order chi connectivity index (χ0) is 20.1. The fourth-order valence-electron chi connectivity index (χ4n) is 4.20. The number of halogens is 2. The highest BCUT2D eigenvalue weighted by Crippen LogP contribution is 2.40. The molecule has 2 aliphatic heterocycles. The van der Waals surface area contributed by atoms with Gasteiger partial charge in [-0.1, -0.05) is 55.2 Å². The van der Waals surface area contributed by atoms with E-state index in [9.17, 15) is 4.79 Å². The van der Waals surface area contributed by atoms with Crippen molar-refractivity contribution in [3.05, 3.63) is 39.6 Å². The summed E-state index contributed by atoms with van der Waals surface area (Å²) < 4.78 is 11.5. The number of benzene rings is 1. The Bertz CT molecular complexity index is 871. The van der Waals surface area contributed by atoms with Gasteiger partial charge in [-0.2, -0.15) is 0 Å². The van der Waals surface area contributed by atoms with Gasteiger partial charge < -0.3 is 14.6 Å². The molecule has 0 amide bonds. The summed E-state index contributed by atoms with van der Waals surface area (Å²) in [6, 6.07) is 6.04. The Morgan fingerprint density at radius 1 is 1.18 bits per heavy atom. The molecule has 2 saturated heterocycles. The molecule has 150 valence electrons. The van der Waals surface area contributed by atoms with E-state index in [1.54, 1.807) is 18.2 Å². The van der Waals surface area contributed by atoms with Crippen molar-refractivity contribution in [3.8, 4) is 11.3 Å². The quantitative estimate of drug-likeness (QED) is 0.671. The number of ether oxygens (including phenoxy) is 1. The van der Waals surface area contributed by atoms with Crippen molar-refractivity contribution in [1.29, 1.82) is 0 Å². The lowest BCUT2D eigenvalue weighted by atomic mass is 9.88. The van der Waals surface area contributed by atoms with Crippen LogP contribution in [0.4, 0.5) is 0 Å². The highest BCUT2D eigenvalue weighted by Gasteiger charge is 2.38. The number of carbonyl (C=O) groups is 1. The molecule has 28 heavy (non-hydrogen) atoms. The molecular formula is C21H24Cl2N2O3. The third-order valence-electron chi connectivity index (χ3n) is 5.48. The van der Waals surface area contributed by atoms with Crippen LogP contribution in [0.25, 0.3) is 11.3 Å². The summed E-state index contributed by atoms with van der Waals surface area (Å²) in [5.41, 5.74) is 0.707. The van der Waals surface area contributed by atoms with Gasteiger partial charge in [0.2, 0.25) is 0 Å². The largest absolute Gasteiger partial charge is 0.459 e. The number of carbonyl (C=O) groups excluding carboxylic acids is 1. The summed E-state index contributed by atoms with van der Waals surface area (Å²) in [5, 5.41) is 8.56. The van der Waals surface area contributed by atoms with E-state index < -0.39 is 11.4 Å².